The van der Waals surface area contributed by atoms with E-state index >= 15 is 0 Å². The zero-order valence-electron chi connectivity index (χ0n) is 11.6. The highest BCUT2D eigenvalue weighted by Gasteiger charge is 2.26. The SMILES string of the molecule is Cc1cc(C(O)C2CCc3ccccc3C2)ccc1F. The Morgan fingerprint density at radius 2 is 1.90 bits per heavy atom. The number of benzene rings is 2. The molecular formula is C18H19FO. The van der Waals surface area contributed by atoms with Gasteiger partial charge in [0, 0.05) is 0 Å². The van der Waals surface area contributed by atoms with Crippen molar-refractivity contribution in [3.05, 3.63) is 70.5 Å². The molecule has 3 rings (SSSR count). The second-order valence-corrected chi connectivity index (χ2v) is 5.73. The van der Waals surface area contributed by atoms with Crippen molar-refractivity contribution in [2.24, 2.45) is 5.92 Å². The minimum absolute atomic E-state index is 0.213. The Bertz CT molecular complexity index is 621. The summed E-state index contributed by atoms with van der Waals surface area (Å²) in [6.07, 6.45) is 2.38. The Morgan fingerprint density at radius 3 is 2.65 bits per heavy atom. The van der Waals surface area contributed by atoms with Crippen molar-refractivity contribution in [2.45, 2.75) is 32.3 Å². The van der Waals surface area contributed by atoms with Crippen LogP contribution in [0, 0.1) is 18.7 Å². The lowest BCUT2D eigenvalue weighted by atomic mass is 9.79. The molecule has 0 spiro atoms. The molecule has 0 saturated carbocycles. The minimum atomic E-state index is -0.511. The predicted molar refractivity (Wildman–Crippen MR) is 78.1 cm³/mol. The summed E-state index contributed by atoms with van der Waals surface area (Å²) >= 11 is 0. The zero-order valence-corrected chi connectivity index (χ0v) is 11.6. The highest BCUT2D eigenvalue weighted by Crippen LogP contribution is 2.34. The molecule has 0 aliphatic heterocycles. The fraction of sp³-hybridized carbons (Fsp3) is 0.333. The molecule has 0 amide bonds. The van der Waals surface area contributed by atoms with Crippen molar-refractivity contribution in [2.75, 3.05) is 0 Å². The molecule has 104 valence electrons. The van der Waals surface area contributed by atoms with E-state index in [2.05, 4.69) is 24.3 Å². The molecule has 2 atom stereocenters. The van der Waals surface area contributed by atoms with Crippen LogP contribution >= 0.6 is 0 Å². The van der Waals surface area contributed by atoms with Crippen LogP contribution in [0.5, 0.6) is 0 Å². The average molecular weight is 270 g/mol. The van der Waals surface area contributed by atoms with Gasteiger partial charge in [-0.05, 0) is 60.4 Å². The first-order valence-electron chi connectivity index (χ1n) is 7.16. The van der Waals surface area contributed by atoms with Gasteiger partial charge in [-0.2, -0.15) is 0 Å². The molecule has 2 aromatic carbocycles. The van der Waals surface area contributed by atoms with E-state index in [9.17, 15) is 9.50 Å². The number of aliphatic hydroxyl groups excluding tert-OH is 1. The largest absolute Gasteiger partial charge is 0.388 e. The minimum Gasteiger partial charge on any atom is -0.388 e. The molecule has 0 aromatic heterocycles. The maximum Gasteiger partial charge on any atom is 0.126 e. The third kappa shape index (κ3) is 2.48. The third-order valence-corrected chi connectivity index (χ3v) is 4.35. The summed E-state index contributed by atoms with van der Waals surface area (Å²) in [6.45, 7) is 1.74. The lowest BCUT2D eigenvalue weighted by molar-refractivity contribution is 0.0994. The molecule has 0 radical (unpaired) electrons. The fourth-order valence-electron chi connectivity index (χ4n) is 3.12. The lowest BCUT2D eigenvalue weighted by Gasteiger charge is -2.29. The van der Waals surface area contributed by atoms with Crippen LogP contribution in [0.15, 0.2) is 42.5 Å². The summed E-state index contributed by atoms with van der Waals surface area (Å²) in [5.41, 5.74) is 4.15. The van der Waals surface area contributed by atoms with Crippen LogP contribution < -0.4 is 0 Å². The van der Waals surface area contributed by atoms with Crippen molar-refractivity contribution in [3.8, 4) is 0 Å². The number of hydrogen-bond acceptors (Lipinski definition) is 1. The van der Waals surface area contributed by atoms with Gasteiger partial charge in [0.05, 0.1) is 6.10 Å². The van der Waals surface area contributed by atoms with E-state index in [1.807, 2.05) is 0 Å². The maximum atomic E-state index is 13.3. The first-order valence-corrected chi connectivity index (χ1v) is 7.16. The number of fused-ring (bicyclic) bond motifs is 1. The summed E-state index contributed by atoms with van der Waals surface area (Å²) in [5, 5.41) is 10.6. The molecule has 0 heterocycles. The van der Waals surface area contributed by atoms with Gasteiger partial charge in [-0.15, -0.1) is 0 Å². The topological polar surface area (TPSA) is 20.2 Å². The van der Waals surface area contributed by atoms with E-state index < -0.39 is 6.10 Å². The number of halogens is 1. The van der Waals surface area contributed by atoms with E-state index in [4.69, 9.17) is 0 Å². The third-order valence-electron chi connectivity index (χ3n) is 4.35. The molecule has 20 heavy (non-hydrogen) atoms. The van der Waals surface area contributed by atoms with Crippen LogP contribution in [-0.2, 0) is 12.8 Å². The highest BCUT2D eigenvalue weighted by atomic mass is 19.1. The Morgan fingerprint density at radius 1 is 1.15 bits per heavy atom. The first-order chi connectivity index (χ1) is 9.65. The summed E-state index contributed by atoms with van der Waals surface area (Å²) < 4.78 is 13.3. The van der Waals surface area contributed by atoms with Crippen molar-refractivity contribution in [1.82, 2.24) is 0 Å². The molecule has 0 bridgehead atoms. The van der Waals surface area contributed by atoms with Crippen LogP contribution in [0.25, 0.3) is 0 Å². The van der Waals surface area contributed by atoms with Crippen molar-refractivity contribution >= 4 is 0 Å². The number of aliphatic hydroxyl groups is 1. The molecule has 2 unspecified atom stereocenters. The summed E-state index contributed by atoms with van der Waals surface area (Å²) in [6, 6.07) is 13.3. The second-order valence-electron chi connectivity index (χ2n) is 5.73. The van der Waals surface area contributed by atoms with Crippen molar-refractivity contribution in [1.29, 1.82) is 0 Å². The molecule has 0 fully saturated rings. The van der Waals surface area contributed by atoms with Crippen molar-refractivity contribution in [3.63, 3.8) is 0 Å². The first kappa shape index (κ1) is 13.3. The van der Waals surface area contributed by atoms with Gasteiger partial charge in [-0.3, -0.25) is 0 Å². The lowest BCUT2D eigenvalue weighted by Crippen LogP contribution is -2.21. The normalized spacial score (nSPS) is 19.4. The van der Waals surface area contributed by atoms with Gasteiger partial charge in [0.2, 0.25) is 0 Å². The highest BCUT2D eigenvalue weighted by molar-refractivity contribution is 5.31. The van der Waals surface area contributed by atoms with Crippen LogP contribution in [0.2, 0.25) is 0 Å². The van der Waals surface area contributed by atoms with Gasteiger partial charge in [0.25, 0.3) is 0 Å². The smallest absolute Gasteiger partial charge is 0.126 e. The Labute approximate surface area is 119 Å². The fourth-order valence-corrected chi connectivity index (χ4v) is 3.12. The summed E-state index contributed by atoms with van der Waals surface area (Å²) in [7, 11) is 0. The molecule has 1 aliphatic rings. The van der Waals surface area contributed by atoms with Crippen LogP contribution in [0.4, 0.5) is 4.39 Å². The molecule has 1 aliphatic carbocycles. The summed E-state index contributed by atoms with van der Waals surface area (Å²) in [5.74, 6) is 0.00435. The van der Waals surface area contributed by atoms with E-state index in [-0.39, 0.29) is 11.7 Å². The van der Waals surface area contributed by atoms with Gasteiger partial charge < -0.3 is 5.11 Å². The molecular weight excluding hydrogens is 251 g/mol. The van der Waals surface area contributed by atoms with Gasteiger partial charge in [0.1, 0.15) is 5.82 Å². The monoisotopic (exact) mass is 270 g/mol. The van der Waals surface area contributed by atoms with Gasteiger partial charge >= 0.3 is 0 Å². The number of hydrogen-bond donors (Lipinski definition) is 1. The Hall–Kier alpha value is -1.67. The summed E-state index contributed by atoms with van der Waals surface area (Å²) in [4.78, 5) is 0. The van der Waals surface area contributed by atoms with Crippen LogP contribution in [0.3, 0.4) is 0 Å². The maximum absolute atomic E-state index is 13.3. The van der Waals surface area contributed by atoms with Gasteiger partial charge in [-0.1, -0.05) is 36.4 Å². The van der Waals surface area contributed by atoms with Crippen LogP contribution in [0.1, 0.15) is 34.8 Å². The van der Waals surface area contributed by atoms with E-state index in [1.165, 1.54) is 17.2 Å². The molecule has 1 N–H and O–H groups in total. The quantitative estimate of drug-likeness (QED) is 0.875. The molecule has 2 heteroatoms. The second kappa shape index (κ2) is 5.37. The van der Waals surface area contributed by atoms with Gasteiger partial charge in [-0.25, -0.2) is 4.39 Å². The van der Waals surface area contributed by atoms with Crippen LogP contribution in [-0.4, -0.2) is 5.11 Å². The Balaban J connectivity index is 1.82. The predicted octanol–water partition coefficient (Wildman–Crippen LogP) is 3.97. The van der Waals surface area contributed by atoms with Crippen molar-refractivity contribution < 1.29 is 9.50 Å². The number of rotatable bonds is 2. The molecule has 1 nitrogen and oxygen atoms in total. The molecule has 0 saturated heterocycles. The average Bonchev–Trinajstić information content (AvgIpc) is 2.49. The van der Waals surface area contributed by atoms with Gasteiger partial charge in [0.15, 0.2) is 0 Å². The molecule has 2 aromatic rings. The van der Waals surface area contributed by atoms with E-state index in [0.717, 1.165) is 24.8 Å². The van der Waals surface area contributed by atoms with E-state index in [1.54, 1.807) is 19.1 Å². The Kier molecular flexibility index (Phi) is 3.58. The standard InChI is InChI=1S/C18H19FO/c1-12-10-15(8-9-17(12)19)18(20)16-7-6-13-4-2-3-5-14(13)11-16/h2-5,8-10,16,18,20H,6-7,11H2,1H3. The number of aryl methyl sites for hydroxylation is 2. The van der Waals surface area contributed by atoms with E-state index in [0.29, 0.717) is 5.56 Å². The zero-order chi connectivity index (χ0) is 14.1.